The van der Waals surface area contributed by atoms with Crippen LogP contribution in [-0.4, -0.2) is 21.0 Å². The van der Waals surface area contributed by atoms with E-state index in [1.165, 1.54) is 6.07 Å². The lowest BCUT2D eigenvalue weighted by Gasteiger charge is -2.06. The number of carboxylic acids is 1. The van der Waals surface area contributed by atoms with E-state index in [0.717, 1.165) is 18.2 Å². The topological polar surface area (TPSA) is 103 Å². The first kappa shape index (κ1) is 14.3. The van der Waals surface area contributed by atoms with Crippen molar-refractivity contribution in [3.8, 4) is 11.6 Å². The van der Waals surface area contributed by atoms with Gasteiger partial charge in [-0.3, -0.25) is 10.1 Å². The molecule has 0 fully saturated rings. The summed E-state index contributed by atoms with van der Waals surface area (Å²) in [5.41, 5.74) is -1.42. The number of aromatic nitrogens is 1. The number of ether oxygens (including phenoxy) is 1. The van der Waals surface area contributed by atoms with Crippen LogP contribution in [0.2, 0.25) is 0 Å². The van der Waals surface area contributed by atoms with Crippen molar-refractivity contribution >= 4 is 11.7 Å². The quantitative estimate of drug-likeness (QED) is 0.687. The van der Waals surface area contributed by atoms with E-state index in [1.54, 1.807) is 0 Å². The SMILES string of the molecule is O=C(O)c1cc(Oc2cccc(F)c2F)ncc1[N+](=O)[O-]. The zero-order valence-corrected chi connectivity index (χ0v) is 10.1. The highest BCUT2D eigenvalue weighted by Crippen LogP contribution is 2.27. The van der Waals surface area contributed by atoms with Gasteiger partial charge in [-0.15, -0.1) is 0 Å². The molecule has 0 saturated carbocycles. The van der Waals surface area contributed by atoms with Crippen molar-refractivity contribution in [2.24, 2.45) is 0 Å². The van der Waals surface area contributed by atoms with E-state index in [1.807, 2.05) is 0 Å². The number of benzene rings is 1. The Labute approximate surface area is 115 Å². The number of pyridine rings is 1. The molecule has 1 N–H and O–H groups in total. The Balaban J connectivity index is 2.42. The molecule has 0 aliphatic rings. The van der Waals surface area contributed by atoms with Crippen molar-refractivity contribution in [1.82, 2.24) is 4.98 Å². The number of rotatable bonds is 4. The zero-order chi connectivity index (χ0) is 15.6. The van der Waals surface area contributed by atoms with Gasteiger partial charge in [-0.2, -0.15) is 4.39 Å². The van der Waals surface area contributed by atoms with Gasteiger partial charge >= 0.3 is 11.7 Å². The summed E-state index contributed by atoms with van der Waals surface area (Å²) in [5, 5.41) is 19.5. The molecule has 0 unspecified atom stereocenters. The molecule has 7 nitrogen and oxygen atoms in total. The first-order chi connectivity index (χ1) is 9.90. The smallest absolute Gasteiger partial charge is 0.342 e. The summed E-state index contributed by atoms with van der Waals surface area (Å²) in [4.78, 5) is 24.1. The van der Waals surface area contributed by atoms with E-state index < -0.39 is 45.4 Å². The predicted molar refractivity (Wildman–Crippen MR) is 64.3 cm³/mol. The normalized spacial score (nSPS) is 10.2. The van der Waals surface area contributed by atoms with Crippen LogP contribution in [0.3, 0.4) is 0 Å². The Morgan fingerprint density at radius 2 is 2.10 bits per heavy atom. The van der Waals surface area contributed by atoms with Gasteiger partial charge in [0.15, 0.2) is 11.6 Å². The van der Waals surface area contributed by atoms with E-state index in [4.69, 9.17) is 9.84 Å². The van der Waals surface area contributed by atoms with Crippen molar-refractivity contribution in [1.29, 1.82) is 0 Å². The summed E-state index contributed by atoms with van der Waals surface area (Å²) in [6.45, 7) is 0. The van der Waals surface area contributed by atoms with E-state index in [-0.39, 0.29) is 0 Å². The number of hydrogen-bond donors (Lipinski definition) is 1. The number of halogens is 2. The largest absolute Gasteiger partial charge is 0.477 e. The Hall–Kier alpha value is -3.10. The van der Waals surface area contributed by atoms with Crippen LogP contribution in [0.15, 0.2) is 30.5 Å². The van der Waals surface area contributed by atoms with Gasteiger partial charge in [0.1, 0.15) is 11.8 Å². The van der Waals surface area contributed by atoms with Crippen LogP contribution in [-0.2, 0) is 0 Å². The van der Waals surface area contributed by atoms with Crippen molar-refractivity contribution < 1.29 is 28.3 Å². The molecule has 0 bridgehead atoms. The minimum atomic E-state index is -1.58. The lowest BCUT2D eigenvalue weighted by molar-refractivity contribution is -0.385. The van der Waals surface area contributed by atoms with Gasteiger partial charge in [-0.25, -0.2) is 14.2 Å². The fourth-order valence-electron chi connectivity index (χ4n) is 1.48. The number of hydrogen-bond acceptors (Lipinski definition) is 5. The van der Waals surface area contributed by atoms with Crippen LogP contribution in [0.4, 0.5) is 14.5 Å². The van der Waals surface area contributed by atoms with Gasteiger partial charge < -0.3 is 9.84 Å². The molecule has 2 rings (SSSR count). The summed E-state index contributed by atoms with van der Waals surface area (Å²) in [6.07, 6.45) is 0.663. The minimum absolute atomic E-state index is 0.414. The Morgan fingerprint density at radius 3 is 2.71 bits per heavy atom. The molecule has 0 atom stereocenters. The molecular formula is C12H6F2N2O5. The van der Waals surface area contributed by atoms with Crippen molar-refractivity contribution in [3.05, 3.63) is 57.8 Å². The van der Waals surface area contributed by atoms with E-state index in [0.29, 0.717) is 6.20 Å². The maximum absolute atomic E-state index is 13.4. The van der Waals surface area contributed by atoms with Gasteiger partial charge in [-0.1, -0.05) is 6.07 Å². The highest BCUT2D eigenvalue weighted by Gasteiger charge is 2.22. The maximum atomic E-state index is 13.4. The minimum Gasteiger partial charge on any atom is -0.477 e. The molecule has 0 radical (unpaired) electrons. The molecule has 108 valence electrons. The third kappa shape index (κ3) is 2.91. The average Bonchev–Trinajstić information content (AvgIpc) is 2.43. The second-order valence-corrected chi connectivity index (χ2v) is 3.76. The molecule has 2 aromatic rings. The number of carboxylic acid groups (broad SMARTS) is 1. The molecule has 1 aromatic heterocycles. The number of nitrogens with zero attached hydrogens (tertiary/aromatic N) is 2. The second-order valence-electron chi connectivity index (χ2n) is 3.76. The second kappa shape index (κ2) is 5.49. The van der Waals surface area contributed by atoms with Gasteiger partial charge in [0.05, 0.1) is 4.92 Å². The number of carbonyl (C=O) groups is 1. The maximum Gasteiger partial charge on any atom is 0.342 e. The standard InChI is InChI=1S/C12H6F2N2O5/c13-7-2-1-3-9(11(7)14)21-10-4-6(12(17)18)8(5-15-10)16(19)20/h1-5H,(H,17,18). The lowest BCUT2D eigenvalue weighted by Crippen LogP contribution is -2.04. The van der Waals surface area contributed by atoms with Crippen LogP contribution in [0.1, 0.15) is 10.4 Å². The van der Waals surface area contributed by atoms with E-state index >= 15 is 0 Å². The van der Waals surface area contributed by atoms with Crippen LogP contribution in [0.5, 0.6) is 11.6 Å². The summed E-state index contributed by atoms with van der Waals surface area (Å²) in [7, 11) is 0. The van der Waals surface area contributed by atoms with Gasteiger partial charge in [0.2, 0.25) is 11.7 Å². The van der Waals surface area contributed by atoms with Gasteiger partial charge in [0.25, 0.3) is 0 Å². The lowest BCUT2D eigenvalue weighted by atomic mass is 10.2. The fraction of sp³-hybridized carbons (Fsp3) is 0. The van der Waals surface area contributed by atoms with Crippen LogP contribution >= 0.6 is 0 Å². The molecule has 1 aromatic carbocycles. The highest BCUT2D eigenvalue weighted by molar-refractivity contribution is 5.92. The van der Waals surface area contributed by atoms with Crippen molar-refractivity contribution in [2.45, 2.75) is 0 Å². The van der Waals surface area contributed by atoms with E-state index in [2.05, 4.69) is 4.98 Å². The first-order valence-corrected chi connectivity index (χ1v) is 5.39. The Kier molecular flexibility index (Phi) is 3.74. The predicted octanol–water partition coefficient (Wildman–Crippen LogP) is 2.76. The van der Waals surface area contributed by atoms with Crippen LogP contribution in [0.25, 0.3) is 0 Å². The van der Waals surface area contributed by atoms with Crippen molar-refractivity contribution in [3.63, 3.8) is 0 Å². The first-order valence-electron chi connectivity index (χ1n) is 5.39. The monoisotopic (exact) mass is 296 g/mol. The summed E-state index contributed by atoms with van der Waals surface area (Å²) in [5.74, 6) is -4.95. The highest BCUT2D eigenvalue weighted by atomic mass is 19.2. The molecule has 0 aliphatic carbocycles. The summed E-state index contributed by atoms with van der Waals surface area (Å²) < 4.78 is 31.3. The zero-order valence-electron chi connectivity index (χ0n) is 10.1. The van der Waals surface area contributed by atoms with Crippen LogP contribution < -0.4 is 4.74 Å². The molecular weight excluding hydrogens is 290 g/mol. The molecule has 0 saturated heterocycles. The van der Waals surface area contributed by atoms with Gasteiger partial charge in [-0.05, 0) is 12.1 Å². The fourth-order valence-corrected chi connectivity index (χ4v) is 1.48. The van der Waals surface area contributed by atoms with Gasteiger partial charge in [0, 0.05) is 6.07 Å². The molecule has 1 heterocycles. The van der Waals surface area contributed by atoms with E-state index in [9.17, 15) is 23.7 Å². The molecule has 0 amide bonds. The number of nitro groups is 1. The molecule has 9 heteroatoms. The molecule has 21 heavy (non-hydrogen) atoms. The van der Waals surface area contributed by atoms with Crippen molar-refractivity contribution in [2.75, 3.05) is 0 Å². The molecule has 0 aliphatic heterocycles. The third-order valence-corrected chi connectivity index (χ3v) is 2.42. The Bertz CT molecular complexity index is 736. The third-order valence-electron chi connectivity index (χ3n) is 2.42. The Morgan fingerprint density at radius 1 is 1.38 bits per heavy atom. The average molecular weight is 296 g/mol. The molecule has 0 spiro atoms. The summed E-state index contributed by atoms with van der Waals surface area (Å²) >= 11 is 0. The summed E-state index contributed by atoms with van der Waals surface area (Å²) in [6, 6.07) is 3.90. The number of aromatic carboxylic acids is 1. The van der Waals surface area contributed by atoms with Crippen LogP contribution in [0, 0.1) is 21.7 Å².